The number of carbonyl (C=O) groups is 2. The lowest BCUT2D eigenvalue weighted by molar-refractivity contribution is -0.135. The van der Waals surface area contributed by atoms with Crippen LogP contribution in [-0.2, 0) is 28.4 Å². The van der Waals surface area contributed by atoms with Crippen LogP contribution in [-0.4, -0.2) is 28.1 Å². The monoisotopic (exact) mass is 280 g/mol. The summed E-state index contributed by atoms with van der Waals surface area (Å²) in [5, 5.41) is 4.93. The minimum absolute atomic E-state index is 0.00403. The zero-order valence-electron chi connectivity index (χ0n) is 11.0. The maximum absolute atomic E-state index is 12.0. The maximum atomic E-state index is 12.0. The van der Waals surface area contributed by atoms with Gasteiger partial charge in [0.1, 0.15) is 17.2 Å². The lowest BCUT2D eigenvalue weighted by atomic mass is 10.2. The van der Waals surface area contributed by atoms with Gasteiger partial charge in [0.25, 0.3) is 11.5 Å². The minimum atomic E-state index is -0.743. The van der Waals surface area contributed by atoms with Crippen molar-refractivity contribution in [2.45, 2.75) is 0 Å². The Morgan fingerprint density at radius 2 is 1.80 bits per heavy atom. The van der Waals surface area contributed by atoms with E-state index in [-0.39, 0.29) is 17.2 Å². The Labute approximate surface area is 112 Å². The highest BCUT2D eigenvalue weighted by Crippen LogP contribution is 2.22. The molecule has 1 amide bonds. The molecule has 2 N–H and O–H groups in total. The molecule has 2 heterocycles. The van der Waals surface area contributed by atoms with Gasteiger partial charge in [-0.2, -0.15) is 0 Å². The predicted octanol–water partition coefficient (Wildman–Crippen LogP) is -1.50. The Bertz CT molecular complexity index is 755. The molecular formula is C11H12N4O5. The lowest BCUT2D eigenvalue weighted by Crippen LogP contribution is -2.43. The highest BCUT2D eigenvalue weighted by molar-refractivity contribution is 6.12. The number of aromatic nitrogens is 2. The average molecular weight is 280 g/mol. The van der Waals surface area contributed by atoms with Gasteiger partial charge in [-0.3, -0.25) is 18.7 Å². The third kappa shape index (κ3) is 1.98. The number of carbonyl (C=O) groups excluding carboxylic acids is 2. The molecule has 0 atom stereocenters. The van der Waals surface area contributed by atoms with Gasteiger partial charge in [-0.05, 0) is 0 Å². The molecule has 0 saturated carbocycles. The molecule has 1 aliphatic heterocycles. The first kappa shape index (κ1) is 13.6. The average Bonchev–Trinajstić information content (AvgIpc) is 2.44. The molecule has 0 fully saturated rings. The molecule has 0 aliphatic carbocycles. The van der Waals surface area contributed by atoms with Crippen LogP contribution >= 0.6 is 0 Å². The molecule has 0 radical (unpaired) electrons. The molecule has 1 aromatic heterocycles. The highest BCUT2D eigenvalue weighted by atomic mass is 16.5. The first-order valence-electron chi connectivity index (χ1n) is 5.55. The van der Waals surface area contributed by atoms with Crippen LogP contribution in [0.25, 0.3) is 0 Å². The Balaban J connectivity index is 2.63. The summed E-state index contributed by atoms with van der Waals surface area (Å²) in [5.41, 5.74) is -1.32. The van der Waals surface area contributed by atoms with Crippen LogP contribution in [0.2, 0.25) is 0 Å². The van der Waals surface area contributed by atoms with Crippen molar-refractivity contribution in [3.63, 3.8) is 0 Å². The second-order valence-corrected chi connectivity index (χ2v) is 4.09. The fourth-order valence-corrected chi connectivity index (χ4v) is 1.75. The van der Waals surface area contributed by atoms with Gasteiger partial charge in [-0.1, -0.05) is 0 Å². The molecule has 0 unspecified atom stereocenters. The van der Waals surface area contributed by atoms with E-state index in [9.17, 15) is 19.2 Å². The molecule has 1 aromatic rings. The van der Waals surface area contributed by atoms with Crippen molar-refractivity contribution in [3.8, 4) is 0 Å². The Hall–Kier alpha value is -2.84. The van der Waals surface area contributed by atoms with Crippen molar-refractivity contribution in [3.05, 3.63) is 32.6 Å². The number of hydrogen-bond acceptors (Lipinski definition) is 6. The summed E-state index contributed by atoms with van der Waals surface area (Å²) in [6.07, 6.45) is 0.919. The number of rotatable bonds is 1. The summed E-state index contributed by atoms with van der Waals surface area (Å²) < 4.78 is 6.42. The maximum Gasteiger partial charge on any atom is 0.332 e. The number of methoxy groups -OCH3 is 1. The lowest BCUT2D eigenvalue weighted by Gasteiger charge is -2.22. The predicted molar refractivity (Wildman–Crippen MR) is 69.3 cm³/mol. The summed E-state index contributed by atoms with van der Waals surface area (Å²) in [5.74, 6) is -1.34. The van der Waals surface area contributed by atoms with Gasteiger partial charge in [0.2, 0.25) is 0 Å². The van der Waals surface area contributed by atoms with Crippen molar-refractivity contribution < 1.29 is 14.3 Å². The topological polar surface area (TPSA) is 111 Å². The zero-order valence-corrected chi connectivity index (χ0v) is 11.0. The van der Waals surface area contributed by atoms with E-state index < -0.39 is 23.1 Å². The van der Waals surface area contributed by atoms with Crippen molar-refractivity contribution in [1.29, 1.82) is 0 Å². The van der Waals surface area contributed by atoms with E-state index >= 15 is 0 Å². The minimum Gasteiger partial charge on any atom is -0.466 e. The van der Waals surface area contributed by atoms with Crippen LogP contribution in [0.15, 0.2) is 21.4 Å². The van der Waals surface area contributed by atoms with Crippen LogP contribution < -0.4 is 21.9 Å². The van der Waals surface area contributed by atoms with E-state index in [0.29, 0.717) is 0 Å². The number of nitrogens with zero attached hydrogens (tertiary/aromatic N) is 2. The summed E-state index contributed by atoms with van der Waals surface area (Å²) in [6.45, 7) is 0. The number of anilines is 2. The summed E-state index contributed by atoms with van der Waals surface area (Å²) >= 11 is 0. The molecule has 9 nitrogen and oxygen atoms in total. The van der Waals surface area contributed by atoms with Gasteiger partial charge in [-0.25, -0.2) is 9.59 Å². The number of ether oxygens (including phenoxy) is 1. The van der Waals surface area contributed by atoms with Gasteiger partial charge in [-0.15, -0.1) is 0 Å². The molecule has 0 bridgehead atoms. The fourth-order valence-electron chi connectivity index (χ4n) is 1.75. The number of nitrogens with one attached hydrogen (secondary N) is 2. The third-order valence-electron chi connectivity index (χ3n) is 2.86. The summed E-state index contributed by atoms with van der Waals surface area (Å²) in [7, 11) is 3.89. The third-order valence-corrected chi connectivity index (χ3v) is 2.86. The number of amides is 1. The highest BCUT2D eigenvalue weighted by Gasteiger charge is 2.26. The van der Waals surface area contributed by atoms with Crippen molar-refractivity contribution >= 4 is 23.4 Å². The molecule has 2 rings (SSSR count). The first-order valence-corrected chi connectivity index (χ1v) is 5.55. The molecule has 1 aliphatic rings. The largest absolute Gasteiger partial charge is 0.466 e. The normalized spacial score (nSPS) is 15.3. The molecule has 106 valence electrons. The van der Waals surface area contributed by atoms with Crippen molar-refractivity contribution in [2.24, 2.45) is 14.1 Å². The second kappa shape index (κ2) is 4.68. The summed E-state index contributed by atoms with van der Waals surface area (Å²) in [4.78, 5) is 46.7. The van der Waals surface area contributed by atoms with Crippen molar-refractivity contribution in [1.82, 2.24) is 9.13 Å². The van der Waals surface area contributed by atoms with E-state index in [1.165, 1.54) is 14.1 Å². The van der Waals surface area contributed by atoms with E-state index in [1.807, 2.05) is 0 Å². The van der Waals surface area contributed by atoms with E-state index in [1.54, 1.807) is 0 Å². The summed E-state index contributed by atoms with van der Waals surface area (Å²) in [6, 6.07) is 0. The zero-order chi connectivity index (χ0) is 15.0. The SMILES string of the molecule is COC(=O)/C=C1/Nc2c(n(C)c(=O)n(C)c2=O)NC1=O. The van der Waals surface area contributed by atoms with E-state index in [2.05, 4.69) is 15.4 Å². The fraction of sp³-hybridized carbons (Fsp3) is 0.273. The number of fused-ring (bicyclic) bond motifs is 1. The van der Waals surface area contributed by atoms with Gasteiger partial charge in [0.05, 0.1) is 13.2 Å². The molecule has 9 heteroatoms. The molecule has 0 saturated heterocycles. The van der Waals surface area contributed by atoms with E-state index in [4.69, 9.17) is 0 Å². The van der Waals surface area contributed by atoms with Crippen LogP contribution in [0.3, 0.4) is 0 Å². The quantitative estimate of drug-likeness (QED) is 0.478. The molecule has 0 spiro atoms. The van der Waals surface area contributed by atoms with Crippen LogP contribution in [0.1, 0.15) is 0 Å². The Morgan fingerprint density at radius 3 is 2.40 bits per heavy atom. The Morgan fingerprint density at radius 1 is 1.15 bits per heavy atom. The van der Waals surface area contributed by atoms with Crippen LogP contribution in [0, 0.1) is 0 Å². The second-order valence-electron chi connectivity index (χ2n) is 4.09. The smallest absolute Gasteiger partial charge is 0.332 e. The standard InChI is InChI=1S/C11H12N4O5/c1-14-8-7(10(18)15(2)11(14)19)12-5(9(17)13-8)4-6(16)20-3/h4,12H,1-3H3,(H,13,17)/b5-4+. The van der Waals surface area contributed by atoms with Gasteiger partial charge >= 0.3 is 11.7 Å². The van der Waals surface area contributed by atoms with Crippen molar-refractivity contribution in [2.75, 3.05) is 17.7 Å². The van der Waals surface area contributed by atoms with Crippen LogP contribution in [0.4, 0.5) is 11.5 Å². The Kier molecular flexibility index (Phi) is 3.18. The van der Waals surface area contributed by atoms with Gasteiger partial charge in [0, 0.05) is 14.1 Å². The van der Waals surface area contributed by atoms with E-state index in [0.717, 1.165) is 22.3 Å². The molecule has 20 heavy (non-hydrogen) atoms. The molecular weight excluding hydrogens is 268 g/mol. The number of hydrogen-bond donors (Lipinski definition) is 2. The molecule has 0 aromatic carbocycles. The first-order chi connectivity index (χ1) is 9.36. The van der Waals surface area contributed by atoms with Crippen LogP contribution in [0.5, 0.6) is 0 Å². The van der Waals surface area contributed by atoms with Gasteiger partial charge in [0.15, 0.2) is 0 Å². The van der Waals surface area contributed by atoms with Gasteiger partial charge < -0.3 is 15.4 Å². The number of esters is 1.